The number of carbonyl (C=O) groups is 1. The monoisotopic (exact) mass is 360 g/mol. The fourth-order valence-corrected chi connectivity index (χ4v) is 3.63. The number of sulfonamides is 1. The van der Waals surface area contributed by atoms with Crippen LogP contribution in [0.1, 0.15) is 18.9 Å². The summed E-state index contributed by atoms with van der Waals surface area (Å²) in [6.07, 6.45) is 1.28. The van der Waals surface area contributed by atoms with Crippen molar-refractivity contribution in [3.8, 4) is 0 Å². The molecule has 0 heterocycles. The van der Waals surface area contributed by atoms with Crippen molar-refractivity contribution in [2.24, 2.45) is 0 Å². The number of para-hydroxylation sites is 1. The number of amides is 1. The first-order chi connectivity index (χ1) is 11.8. The quantitative estimate of drug-likeness (QED) is 0.762. The van der Waals surface area contributed by atoms with E-state index in [1.165, 1.54) is 4.31 Å². The summed E-state index contributed by atoms with van der Waals surface area (Å²) >= 11 is 0. The highest BCUT2D eigenvalue weighted by atomic mass is 32.2. The van der Waals surface area contributed by atoms with Gasteiger partial charge in [0.15, 0.2) is 0 Å². The number of hydrogen-bond donors (Lipinski definition) is 0. The number of rotatable bonds is 7. The molecule has 0 spiro atoms. The number of aryl methyl sites for hydroxylation is 1. The minimum atomic E-state index is -3.46. The van der Waals surface area contributed by atoms with Crippen LogP contribution in [0.4, 0.5) is 11.4 Å². The minimum Gasteiger partial charge on any atom is -0.313 e. The maximum absolute atomic E-state index is 12.6. The molecule has 0 N–H and O–H groups in total. The zero-order valence-electron chi connectivity index (χ0n) is 14.8. The van der Waals surface area contributed by atoms with Gasteiger partial charge in [-0.1, -0.05) is 30.3 Å². The van der Waals surface area contributed by atoms with E-state index in [9.17, 15) is 13.2 Å². The summed E-state index contributed by atoms with van der Waals surface area (Å²) in [6.45, 7) is 4.46. The zero-order chi connectivity index (χ0) is 18.4. The molecule has 0 bridgehead atoms. The second kappa shape index (κ2) is 8.16. The van der Waals surface area contributed by atoms with Crippen LogP contribution < -0.4 is 9.21 Å². The Kier molecular flexibility index (Phi) is 6.20. The maximum Gasteiger partial charge on any atom is 0.232 e. The lowest BCUT2D eigenvalue weighted by atomic mass is 10.2. The van der Waals surface area contributed by atoms with Crippen molar-refractivity contribution in [3.05, 3.63) is 60.2 Å². The molecule has 25 heavy (non-hydrogen) atoms. The highest BCUT2D eigenvalue weighted by molar-refractivity contribution is 7.92. The molecule has 0 aliphatic heterocycles. The largest absolute Gasteiger partial charge is 0.313 e. The van der Waals surface area contributed by atoms with Crippen LogP contribution in [0.3, 0.4) is 0 Å². The van der Waals surface area contributed by atoms with Gasteiger partial charge in [0.2, 0.25) is 15.9 Å². The topological polar surface area (TPSA) is 57.7 Å². The van der Waals surface area contributed by atoms with Gasteiger partial charge in [0.25, 0.3) is 0 Å². The summed E-state index contributed by atoms with van der Waals surface area (Å²) in [6, 6.07) is 16.7. The molecule has 6 heteroatoms. The van der Waals surface area contributed by atoms with Crippen molar-refractivity contribution in [2.45, 2.75) is 20.3 Å². The first-order valence-corrected chi connectivity index (χ1v) is 10.1. The van der Waals surface area contributed by atoms with E-state index < -0.39 is 10.0 Å². The molecule has 0 saturated carbocycles. The number of anilines is 2. The lowest BCUT2D eigenvalue weighted by molar-refractivity contribution is -0.118. The summed E-state index contributed by atoms with van der Waals surface area (Å²) in [5.41, 5.74) is 2.37. The third-order valence-corrected chi connectivity index (χ3v) is 5.10. The van der Waals surface area contributed by atoms with Crippen LogP contribution in [0.2, 0.25) is 0 Å². The van der Waals surface area contributed by atoms with Crippen molar-refractivity contribution < 1.29 is 13.2 Å². The second-order valence-corrected chi connectivity index (χ2v) is 7.80. The Balaban J connectivity index is 2.16. The number of benzene rings is 2. The van der Waals surface area contributed by atoms with E-state index in [2.05, 4.69) is 0 Å². The SMILES string of the molecule is CCN(C(=O)CCN(c1cccc(C)c1)S(C)(=O)=O)c1ccccc1. The third-order valence-electron chi connectivity index (χ3n) is 3.90. The molecule has 2 rings (SSSR count). The highest BCUT2D eigenvalue weighted by Gasteiger charge is 2.21. The van der Waals surface area contributed by atoms with Gasteiger partial charge >= 0.3 is 0 Å². The van der Waals surface area contributed by atoms with Crippen LogP contribution in [0.25, 0.3) is 0 Å². The Morgan fingerprint density at radius 3 is 2.20 bits per heavy atom. The van der Waals surface area contributed by atoms with Gasteiger partial charge in [0.05, 0.1) is 11.9 Å². The van der Waals surface area contributed by atoms with Crippen LogP contribution in [-0.4, -0.2) is 33.7 Å². The molecule has 0 saturated heterocycles. The molecule has 0 aliphatic carbocycles. The molecule has 5 nitrogen and oxygen atoms in total. The van der Waals surface area contributed by atoms with Crippen molar-refractivity contribution in [1.29, 1.82) is 0 Å². The molecule has 0 atom stereocenters. The van der Waals surface area contributed by atoms with Crippen LogP contribution in [0, 0.1) is 6.92 Å². The second-order valence-electron chi connectivity index (χ2n) is 5.90. The Morgan fingerprint density at radius 1 is 1.00 bits per heavy atom. The Bertz CT molecular complexity index is 820. The van der Waals surface area contributed by atoms with Crippen LogP contribution in [0.5, 0.6) is 0 Å². The number of nitrogens with zero attached hydrogens (tertiary/aromatic N) is 2. The molecular weight excluding hydrogens is 336 g/mol. The summed E-state index contributed by atoms with van der Waals surface area (Å²) in [4.78, 5) is 14.3. The summed E-state index contributed by atoms with van der Waals surface area (Å²) in [5, 5.41) is 0. The zero-order valence-corrected chi connectivity index (χ0v) is 15.7. The van der Waals surface area contributed by atoms with Crippen molar-refractivity contribution >= 4 is 27.3 Å². The number of hydrogen-bond acceptors (Lipinski definition) is 3. The van der Waals surface area contributed by atoms with Crippen LogP contribution >= 0.6 is 0 Å². The molecule has 0 fully saturated rings. The fraction of sp³-hybridized carbons (Fsp3) is 0.316. The van der Waals surface area contributed by atoms with Gasteiger partial charge in [0, 0.05) is 25.2 Å². The van der Waals surface area contributed by atoms with Crippen LogP contribution in [0.15, 0.2) is 54.6 Å². The highest BCUT2D eigenvalue weighted by Crippen LogP contribution is 2.20. The Morgan fingerprint density at radius 2 is 1.64 bits per heavy atom. The summed E-state index contributed by atoms with van der Waals surface area (Å²) < 4.78 is 25.6. The van der Waals surface area contributed by atoms with Gasteiger partial charge in [-0.05, 0) is 43.7 Å². The van der Waals surface area contributed by atoms with E-state index in [-0.39, 0.29) is 18.9 Å². The van der Waals surface area contributed by atoms with Crippen molar-refractivity contribution in [2.75, 3.05) is 28.6 Å². The van der Waals surface area contributed by atoms with Crippen molar-refractivity contribution in [3.63, 3.8) is 0 Å². The Hall–Kier alpha value is -2.34. The first kappa shape index (κ1) is 19.0. The van der Waals surface area contributed by atoms with E-state index in [1.807, 2.05) is 56.3 Å². The molecule has 2 aromatic carbocycles. The Labute approximate surface area is 149 Å². The molecule has 0 unspecified atom stereocenters. The smallest absolute Gasteiger partial charge is 0.232 e. The lowest BCUT2D eigenvalue weighted by Gasteiger charge is -2.25. The molecule has 2 aromatic rings. The molecule has 0 radical (unpaired) electrons. The van der Waals surface area contributed by atoms with Gasteiger partial charge in [-0.25, -0.2) is 8.42 Å². The average molecular weight is 360 g/mol. The molecular formula is C19H24N2O3S. The van der Waals surface area contributed by atoms with Crippen LogP contribution in [-0.2, 0) is 14.8 Å². The maximum atomic E-state index is 12.6. The van der Waals surface area contributed by atoms with Gasteiger partial charge in [0.1, 0.15) is 0 Å². The standard InChI is InChI=1S/C19H24N2O3S/c1-4-20(17-10-6-5-7-11-17)19(22)13-14-21(25(3,23)24)18-12-8-9-16(2)15-18/h5-12,15H,4,13-14H2,1-3H3. The molecule has 134 valence electrons. The van der Waals surface area contributed by atoms with Gasteiger partial charge in [-0.2, -0.15) is 0 Å². The summed E-state index contributed by atoms with van der Waals surface area (Å²) in [5.74, 6) is -0.102. The predicted molar refractivity (Wildman–Crippen MR) is 102 cm³/mol. The van der Waals surface area contributed by atoms with E-state index in [1.54, 1.807) is 17.0 Å². The number of carbonyl (C=O) groups excluding carboxylic acids is 1. The minimum absolute atomic E-state index is 0.102. The van der Waals surface area contributed by atoms with Gasteiger partial charge < -0.3 is 4.90 Å². The van der Waals surface area contributed by atoms with Crippen molar-refractivity contribution in [1.82, 2.24) is 0 Å². The normalized spacial score (nSPS) is 11.2. The lowest BCUT2D eigenvalue weighted by Crippen LogP contribution is -2.36. The fourth-order valence-electron chi connectivity index (χ4n) is 2.71. The first-order valence-electron chi connectivity index (χ1n) is 8.22. The third kappa shape index (κ3) is 5.06. The summed E-state index contributed by atoms with van der Waals surface area (Å²) in [7, 11) is -3.46. The molecule has 1 amide bonds. The van der Waals surface area contributed by atoms with E-state index in [0.717, 1.165) is 17.5 Å². The molecule has 0 aromatic heterocycles. The predicted octanol–water partition coefficient (Wildman–Crippen LogP) is 3.20. The average Bonchev–Trinajstić information content (AvgIpc) is 2.55. The van der Waals surface area contributed by atoms with Gasteiger partial charge in [-0.15, -0.1) is 0 Å². The van der Waals surface area contributed by atoms with Gasteiger partial charge in [-0.3, -0.25) is 9.10 Å². The van der Waals surface area contributed by atoms with E-state index in [4.69, 9.17) is 0 Å². The molecule has 0 aliphatic rings. The van der Waals surface area contributed by atoms with E-state index >= 15 is 0 Å². The van der Waals surface area contributed by atoms with E-state index in [0.29, 0.717) is 12.2 Å².